The van der Waals surface area contributed by atoms with Gasteiger partial charge in [-0.05, 0) is 25.1 Å². The van der Waals surface area contributed by atoms with Crippen LogP contribution in [-0.4, -0.2) is 32.8 Å². The molecule has 1 heterocycles. The quantitative estimate of drug-likeness (QED) is 0.831. The minimum Gasteiger partial charge on any atom is -0.378 e. The van der Waals surface area contributed by atoms with Crippen LogP contribution in [0.5, 0.6) is 0 Å². The summed E-state index contributed by atoms with van der Waals surface area (Å²) in [4.78, 5) is 2.36. The van der Waals surface area contributed by atoms with Gasteiger partial charge in [0.25, 0.3) is 0 Å². The lowest BCUT2D eigenvalue weighted by Crippen LogP contribution is -2.37. The summed E-state index contributed by atoms with van der Waals surface area (Å²) in [5.74, 6) is 0. The first-order chi connectivity index (χ1) is 8.83. The van der Waals surface area contributed by atoms with Crippen molar-refractivity contribution in [2.24, 2.45) is 0 Å². The topological polar surface area (TPSA) is 24.5 Å². The van der Waals surface area contributed by atoms with Crippen LogP contribution in [0, 0.1) is 0 Å². The largest absolute Gasteiger partial charge is 0.378 e. The van der Waals surface area contributed by atoms with Crippen LogP contribution >= 0.6 is 11.6 Å². The molecular weight excluding hydrogens is 248 g/mol. The van der Waals surface area contributed by atoms with Crippen LogP contribution in [0.3, 0.4) is 0 Å². The van der Waals surface area contributed by atoms with E-state index >= 15 is 0 Å². The molecule has 0 bridgehead atoms. The highest BCUT2D eigenvalue weighted by Gasteiger charge is 2.16. The number of ether oxygens (including phenoxy) is 1. The summed E-state index contributed by atoms with van der Waals surface area (Å²) in [6.07, 6.45) is 1.14. The fourth-order valence-electron chi connectivity index (χ4n) is 2.21. The minimum absolute atomic E-state index is 0.800. The molecule has 1 aliphatic heterocycles. The van der Waals surface area contributed by atoms with E-state index in [1.165, 1.54) is 11.3 Å². The van der Waals surface area contributed by atoms with Crippen molar-refractivity contribution < 1.29 is 4.74 Å². The van der Waals surface area contributed by atoms with Crippen LogP contribution in [0.4, 0.5) is 5.69 Å². The number of rotatable bonds is 5. The monoisotopic (exact) mass is 268 g/mol. The predicted octanol–water partition coefficient (Wildman–Crippen LogP) is 2.68. The van der Waals surface area contributed by atoms with Crippen molar-refractivity contribution in [2.45, 2.75) is 19.9 Å². The first kappa shape index (κ1) is 13.7. The van der Waals surface area contributed by atoms with Gasteiger partial charge >= 0.3 is 0 Å². The lowest BCUT2D eigenvalue weighted by molar-refractivity contribution is 0.122. The molecule has 0 aromatic heterocycles. The van der Waals surface area contributed by atoms with Crippen molar-refractivity contribution in [3.05, 3.63) is 28.8 Å². The summed E-state index contributed by atoms with van der Waals surface area (Å²) in [5, 5.41) is 4.28. The van der Waals surface area contributed by atoms with Gasteiger partial charge in [0.1, 0.15) is 0 Å². The van der Waals surface area contributed by atoms with E-state index in [-0.39, 0.29) is 0 Å². The van der Waals surface area contributed by atoms with E-state index in [0.29, 0.717) is 0 Å². The molecule has 4 heteroatoms. The van der Waals surface area contributed by atoms with Crippen LogP contribution in [0.15, 0.2) is 18.2 Å². The summed E-state index contributed by atoms with van der Waals surface area (Å²) < 4.78 is 5.40. The molecule has 0 saturated carbocycles. The Labute approximate surface area is 114 Å². The molecule has 0 spiro atoms. The third-order valence-corrected chi connectivity index (χ3v) is 3.53. The van der Waals surface area contributed by atoms with E-state index in [1.807, 2.05) is 12.1 Å². The normalized spacial score (nSPS) is 16.0. The molecule has 1 saturated heterocycles. The molecule has 0 unspecified atom stereocenters. The van der Waals surface area contributed by atoms with E-state index in [2.05, 4.69) is 23.2 Å². The Morgan fingerprint density at radius 3 is 2.83 bits per heavy atom. The lowest BCUT2D eigenvalue weighted by atomic mass is 10.1. The zero-order valence-electron chi connectivity index (χ0n) is 10.9. The van der Waals surface area contributed by atoms with Gasteiger partial charge in [-0.3, -0.25) is 0 Å². The number of morpholine rings is 1. The highest BCUT2D eigenvalue weighted by molar-refractivity contribution is 6.31. The molecule has 1 aromatic carbocycles. The van der Waals surface area contributed by atoms with Crippen LogP contribution in [0.25, 0.3) is 0 Å². The first-order valence-corrected chi connectivity index (χ1v) is 7.01. The van der Waals surface area contributed by atoms with Gasteiger partial charge in [-0.2, -0.15) is 0 Å². The van der Waals surface area contributed by atoms with E-state index in [0.717, 1.165) is 50.8 Å². The van der Waals surface area contributed by atoms with Crippen molar-refractivity contribution >= 4 is 17.3 Å². The van der Waals surface area contributed by atoms with Gasteiger partial charge in [0.15, 0.2) is 0 Å². The summed E-state index contributed by atoms with van der Waals surface area (Å²) in [5.41, 5.74) is 2.45. The third kappa shape index (κ3) is 3.37. The first-order valence-electron chi connectivity index (χ1n) is 6.63. The molecule has 18 heavy (non-hydrogen) atoms. The molecule has 0 radical (unpaired) electrons. The molecule has 2 rings (SSSR count). The molecule has 1 N–H and O–H groups in total. The molecular formula is C14H21ClN2O. The van der Waals surface area contributed by atoms with Crippen LogP contribution in [0.2, 0.25) is 5.02 Å². The van der Waals surface area contributed by atoms with Crippen molar-refractivity contribution in [1.29, 1.82) is 0 Å². The Morgan fingerprint density at radius 2 is 2.11 bits per heavy atom. The summed E-state index contributed by atoms with van der Waals surface area (Å²) in [7, 11) is 0. The van der Waals surface area contributed by atoms with Gasteiger partial charge in [0.05, 0.1) is 13.2 Å². The molecule has 3 nitrogen and oxygen atoms in total. The number of nitrogens with one attached hydrogen (secondary N) is 1. The van der Waals surface area contributed by atoms with E-state index in [1.54, 1.807) is 0 Å². The fourth-order valence-corrected chi connectivity index (χ4v) is 2.45. The average molecular weight is 269 g/mol. The van der Waals surface area contributed by atoms with Gasteiger partial charge in [0.2, 0.25) is 0 Å². The van der Waals surface area contributed by atoms with E-state index < -0.39 is 0 Å². The molecule has 0 aliphatic carbocycles. The number of hydrogen-bond acceptors (Lipinski definition) is 3. The number of anilines is 1. The Bertz CT molecular complexity index is 378. The summed E-state index contributed by atoms with van der Waals surface area (Å²) in [6, 6.07) is 6.14. The zero-order valence-corrected chi connectivity index (χ0v) is 11.7. The second-order valence-corrected chi connectivity index (χ2v) is 4.92. The second kappa shape index (κ2) is 6.98. The Kier molecular flexibility index (Phi) is 5.29. The van der Waals surface area contributed by atoms with E-state index in [4.69, 9.17) is 16.3 Å². The summed E-state index contributed by atoms with van der Waals surface area (Å²) >= 11 is 6.33. The van der Waals surface area contributed by atoms with Crippen molar-refractivity contribution in [3.63, 3.8) is 0 Å². The minimum atomic E-state index is 0.800. The fraction of sp³-hybridized carbons (Fsp3) is 0.571. The van der Waals surface area contributed by atoms with Crippen LogP contribution < -0.4 is 10.2 Å². The highest BCUT2D eigenvalue weighted by Crippen LogP contribution is 2.28. The maximum Gasteiger partial charge on any atom is 0.0642 e. The number of hydrogen-bond donors (Lipinski definition) is 1. The smallest absolute Gasteiger partial charge is 0.0642 e. The second-order valence-electron chi connectivity index (χ2n) is 4.51. The SMILES string of the molecule is CCCNCc1c(Cl)cccc1N1CCOCC1. The van der Waals surface area contributed by atoms with Crippen molar-refractivity contribution in [1.82, 2.24) is 5.32 Å². The van der Waals surface area contributed by atoms with E-state index in [9.17, 15) is 0 Å². The Hall–Kier alpha value is -0.770. The molecule has 1 aromatic rings. The number of nitrogens with zero attached hydrogens (tertiary/aromatic N) is 1. The molecule has 1 fully saturated rings. The van der Waals surface area contributed by atoms with Gasteiger partial charge in [-0.1, -0.05) is 24.6 Å². The highest BCUT2D eigenvalue weighted by atomic mass is 35.5. The Balaban J connectivity index is 2.14. The van der Waals surface area contributed by atoms with Gasteiger partial charge < -0.3 is 15.0 Å². The van der Waals surface area contributed by atoms with Crippen LogP contribution in [-0.2, 0) is 11.3 Å². The molecule has 0 atom stereocenters. The van der Waals surface area contributed by atoms with Gasteiger partial charge in [-0.25, -0.2) is 0 Å². The zero-order chi connectivity index (χ0) is 12.8. The standard InChI is InChI=1S/C14H21ClN2O/c1-2-6-16-11-12-13(15)4-3-5-14(12)17-7-9-18-10-8-17/h3-5,16H,2,6-11H2,1H3. The lowest BCUT2D eigenvalue weighted by Gasteiger charge is -2.31. The van der Waals surface area contributed by atoms with Crippen molar-refractivity contribution in [3.8, 4) is 0 Å². The predicted molar refractivity (Wildman–Crippen MR) is 76.5 cm³/mol. The molecule has 1 aliphatic rings. The maximum absolute atomic E-state index is 6.33. The van der Waals surface area contributed by atoms with Gasteiger partial charge in [-0.15, -0.1) is 0 Å². The molecule has 0 amide bonds. The number of halogens is 1. The maximum atomic E-state index is 6.33. The van der Waals surface area contributed by atoms with Crippen LogP contribution in [0.1, 0.15) is 18.9 Å². The Morgan fingerprint density at radius 1 is 1.33 bits per heavy atom. The molecule has 100 valence electrons. The summed E-state index contributed by atoms with van der Waals surface area (Å²) in [6.45, 7) is 7.52. The number of benzene rings is 1. The third-order valence-electron chi connectivity index (χ3n) is 3.17. The van der Waals surface area contributed by atoms with Gasteiger partial charge in [0, 0.05) is 35.9 Å². The average Bonchev–Trinajstić information content (AvgIpc) is 2.42. The van der Waals surface area contributed by atoms with Crippen molar-refractivity contribution in [2.75, 3.05) is 37.7 Å².